The second-order valence-corrected chi connectivity index (χ2v) is 5.40. The van der Waals surface area contributed by atoms with Crippen LogP contribution in [0.25, 0.3) is 0 Å². The summed E-state index contributed by atoms with van der Waals surface area (Å²) in [5.74, 6) is 1.02. The Hall–Kier alpha value is -2.14. The van der Waals surface area contributed by atoms with E-state index < -0.39 is 0 Å². The number of rotatable bonds is 4. The van der Waals surface area contributed by atoms with E-state index in [9.17, 15) is 4.79 Å². The number of nitrogens with one attached hydrogen (secondary N) is 1. The van der Waals surface area contributed by atoms with Crippen LogP contribution < -0.4 is 5.32 Å². The zero-order valence-corrected chi connectivity index (χ0v) is 12.2. The fraction of sp³-hybridized carbons (Fsp3) is 0.375. The summed E-state index contributed by atoms with van der Waals surface area (Å²) in [6.45, 7) is 5.18. The van der Waals surface area contributed by atoms with Crippen molar-refractivity contribution in [1.82, 2.24) is 9.55 Å². The quantitative estimate of drug-likeness (QED) is 0.938. The Morgan fingerprint density at radius 2 is 2.10 bits per heavy atom. The van der Waals surface area contributed by atoms with Crippen molar-refractivity contribution in [3.63, 3.8) is 0 Å². The summed E-state index contributed by atoms with van der Waals surface area (Å²) in [6, 6.07) is 8.18. The smallest absolute Gasteiger partial charge is 0.232 e. The van der Waals surface area contributed by atoms with E-state index in [0.717, 1.165) is 11.5 Å². The van der Waals surface area contributed by atoms with Gasteiger partial charge in [0.2, 0.25) is 5.91 Å². The third-order valence-electron chi connectivity index (χ3n) is 3.95. The molecule has 0 unspecified atom stereocenters. The first kappa shape index (κ1) is 13.8. The molecule has 5 heteroatoms. The van der Waals surface area contributed by atoms with Crippen LogP contribution in [0.2, 0.25) is 0 Å². The lowest BCUT2D eigenvalue weighted by Crippen LogP contribution is -2.38. The molecule has 0 spiro atoms. The summed E-state index contributed by atoms with van der Waals surface area (Å²) < 4.78 is 7.15. The summed E-state index contributed by atoms with van der Waals surface area (Å²) in [5, 5.41) is 2.92. The Morgan fingerprint density at radius 1 is 1.38 bits per heavy atom. The number of carbonyl (C=O) groups excluding carboxylic acids is 1. The van der Waals surface area contributed by atoms with Crippen molar-refractivity contribution in [3.05, 3.63) is 48.0 Å². The normalized spacial score (nSPS) is 16.3. The van der Waals surface area contributed by atoms with Crippen molar-refractivity contribution in [2.75, 3.05) is 18.5 Å². The van der Waals surface area contributed by atoms with E-state index in [0.29, 0.717) is 13.2 Å². The molecule has 1 amide bonds. The van der Waals surface area contributed by atoms with Gasteiger partial charge in [0.25, 0.3) is 0 Å². The van der Waals surface area contributed by atoms with Crippen molar-refractivity contribution < 1.29 is 9.53 Å². The molecule has 1 aromatic carbocycles. The minimum atomic E-state index is -0.00259. The number of imidazole rings is 1. The van der Waals surface area contributed by atoms with E-state index in [1.54, 1.807) is 6.20 Å². The topological polar surface area (TPSA) is 56.2 Å². The number of ether oxygens (including phenoxy) is 1. The van der Waals surface area contributed by atoms with E-state index in [1.807, 2.05) is 37.4 Å². The van der Waals surface area contributed by atoms with Gasteiger partial charge in [0.1, 0.15) is 5.82 Å². The third-order valence-corrected chi connectivity index (χ3v) is 3.95. The molecule has 1 saturated heterocycles. The summed E-state index contributed by atoms with van der Waals surface area (Å²) in [7, 11) is 0. The number of benzene rings is 1. The van der Waals surface area contributed by atoms with Crippen molar-refractivity contribution >= 4 is 11.6 Å². The average Bonchev–Trinajstić information content (AvgIpc) is 2.83. The number of aryl methyl sites for hydroxylation is 1. The van der Waals surface area contributed by atoms with Gasteiger partial charge >= 0.3 is 0 Å². The zero-order valence-electron chi connectivity index (χ0n) is 12.2. The molecule has 21 heavy (non-hydrogen) atoms. The Kier molecular flexibility index (Phi) is 3.75. The second-order valence-electron chi connectivity index (χ2n) is 5.40. The Labute approximate surface area is 124 Å². The van der Waals surface area contributed by atoms with Crippen LogP contribution in [0, 0.1) is 12.8 Å². The van der Waals surface area contributed by atoms with Gasteiger partial charge in [0.05, 0.1) is 25.2 Å². The van der Waals surface area contributed by atoms with Crippen LogP contribution in [0.15, 0.2) is 36.7 Å². The van der Waals surface area contributed by atoms with Crippen molar-refractivity contribution in [1.29, 1.82) is 0 Å². The monoisotopic (exact) mass is 285 g/mol. The van der Waals surface area contributed by atoms with Gasteiger partial charge in [0.15, 0.2) is 0 Å². The summed E-state index contributed by atoms with van der Waals surface area (Å²) in [6.07, 6.45) is 3.79. The van der Waals surface area contributed by atoms with E-state index in [-0.39, 0.29) is 17.9 Å². The molecule has 2 heterocycles. The fourth-order valence-electron chi connectivity index (χ4n) is 2.43. The molecule has 1 fully saturated rings. The molecule has 0 aliphatic carbocycles. The van der Waals surface area contributed by atoms with Crippen molar-refractivity contribution in [3.8, 4) is 0 Å². The highest BCUT2D eigenvalue weighted by atomic mass is 16.5. The maximum Gasteiger partial charge on any atom is 0.232 e. The number of nitrogens with zero attached hydrogens (tertiary/aromatic N) is 2. The Balaban J connectivity index is 1.69. The molecule has 1 atom stereocenters. The van der Waals surface area contributed by atoms with Gasteiger partial charge in [-0.1, -0.05) is 12.1 Å². The molecule has 0 radical (unpaired) electrons. The van der Waals surface area contributed by atoms with Crippen LogP contribution in [-0.4, -0.2) is 28.7 Å². The molecular formula is C16H19N3O2. The summed E-state index contributed by atoms with van der Waals surface area (Å²) in [4.78, 5) is 16.1. The first-order chi connectivity index (χ1) is 10.1. The van der Waals surface area contributed by atoms with Crippen LogP contribution >= 0.6 is 0 Å². The molecule has 1 aromatic heterocycles. The molecule has 1 N–H and O–H groups in total. The predicted molar refractivity (Wildman–Crippen MR) is 80.2 cm³/mol. The number of amides is 1. The number of carbonyl (C=O) groups is 1. The first-order valence-corrected chi connectivity index (χ1v) is 7.13. The molecule has 1 aliphatic rings. The minimum absolute atomic E-state index is 0.00259. The summed E-state index contributed by atoms with van der Waals surface area (Å²) >= 11 is 0. The van der Waals surface area contributed by atoms with Gasteiger partial charge in [-0.15, -0.1) is 0 Å². The lowest BCUT2D eigenvalue weighted by molar-refractivity contribution is -0.133. The number of hydrogen-bond donors (Lipinski definition) is 1. The number of aromatic nitrogens is 2. The Morgan fingerprint density at radius 3 is 2.62 bits per heavy atom. The molecule has 5 nitrogen and oxygen atoms in total. The maximum absolute atomic E-state index is 11.8. The second kappa shape index (κ2) is 5.69. The van der Waals surface area contributed by atoms with Gasteiger partial charge in [-0.2, -0.15) is 0 Å². The van der Waals surface area contributed by atoms with E-state index >= 15 is 0 Å². The van der Waals surface area contributed by atoms with Gasteiger partial charge < -0.3 is 14.6 Å². The molecule has 0 bridgehead atoms. The first-order valence-electron chi connectivity index (χ1n) is 7.13. The highest BCUT2D eigenvalue weighted by Crippen LogP contribution is 2.22. The summed E-state index contributed by atoms with van der Waals surface area (Å²) in [5.41, 5.74) is 2.01. The van der Waals surface area contributed by atoms with E-state index in [1.165, 1.54) is 5.56 Å². The molecule has 0 saturated carbocycles. The minimum Gasteiger partial charge on any atom is -0.380 e. The third kappa shape index (κ3) is 2.83. The molecule has 110 valence electrons. The SMILES string of the molecule is Cc1nccn1[C@@H](C)c1ccc(NC(=O)C2COC2)cc1. The molecular weight excluding hydrogens is 266 g/mol. The maximum atomic E-state index is 11.8. The lowest BCUT2D eigenvalue weighted by atomic mass is 10.1. The van der Waals surface area contributed by atoms with Crippen LogP contribution in [-0.2, 0) is 9.53 Å². The van der Waals surface area contributed by atoms with Gasteiger partial charge in [0, 0.05) is 18.1 Å². The fourth-order valence-corrected chi connectivity index (χ4v) is 2.43. The van der Waals surface area contributed by atoms with Gasteiger partial charge in [-0.3, -0.25) is 4.79 Å². The van der Waals surface area contributed by atoms with Crippen LogP contribution in [0.3, 0.4) is 0 Å². The average molecular weight is 285 g/mol. The van der Waals surface area contributed by atoms with Crippen molar-refractivity contribution in [2.45, 2.75) is 19.9 Å². The highest BCUT2D eigenvalue weighted by molar-refractivity contribution is 5.93. The zero-order chi connectivity index (χ0) is 14.8. The van der Waals surface area contributed by atoms with E-state index in [4.69, 9.17) is 4.74 Å². The largest absolute Gasteiger partial charge is 0.380 e. The standard InChI is InChI=1S/C16H19N3O2/c1-11(19-8-7-17-12(19)2)13-3-5-15(6-4-13)18-16(20)14-9-21-10-14/h3-8,11,14H,9-10H2,1-2H3,(H,18,20)/t11-/m0/s1. The van der Waals surface area contributed by atoms with Crippen molar-refractivity contribution in [2.24, 2.45) is 5.92 Å². The number of anilines is 1. The molecule has 2 aromatic rings. The highest BCUT2D eigenvalue weighted by Gasteiger charge is 2.26. The van der Waals surface area contributed by atoms with Crippen LogP contribution in [0.5, 0.6) is 0 Å². The van der Waals surface area contributed by atoms with Gasteiger partial charge in [-0.05, 0) is 31.5 Å². The molecule has 1 aliphatic heterocycles. The molecule has 3 rings (SSSR count). The number of hydrogen-bond acceptors (Lipinski definition) is 3. The Bertz CT molecular complexity index is 629. The van der Waals surface area contributed by atoms with Crippen LogP contribution in [0.4, 0.5) is 5.69 Å². The lowest BCUT2D eigenvalue weighted by Gasteiger charge is -2.24. The van der Waals surface area contributed by atoms with Crippen LogP contribution in [0.1, 0.15) is 24.4 Å². The van der Waals surface area contributed by atoms with Gasteiger partial charge in [-0.25, -0.2) is 4.98 Å². The van der Waals surface area contributed by atoms with E-state index in [2.05, 4.69) is 21.8 Å². The predicted octanol–water partition coefficient (Wildman–Crippen LogP) is 2.39.